The Labute approximate surface area is 117 Å². The molecule has 0 aliphatic carbocycles. The van der Waals surface area contributed by atoms with Crippen LogP contribution in [-0.4, -0.2) is 8.42 Å². The minimum Gasteiger partial charge on any atom is -0.398 e. The molecule has 0 bridgehead atoms. The highest BCUT2D eigenvalue weighted by molar-refractivity contribution is 7.90. The third kappa shape index (κ3) is 3.28. The predicted molar refractivity (Wildman–Crippen MR) is 77.9 cm³/mol. The van der Waals surface area contributed by atoms with Crippen molar-refractivity contribution in [1.82, 2.24) is 0 Å². The van der Waals surface area contributed by atoms with E-state index in [2.05, 4.69) is 0 Å². The Morgan fingerprint density at radius 2 is 1.74 bits per heavy atom. The molecule has 0 saturated carbocycles. The lowest BCUT2D eigenvalue weighted by Gasteiger charge is -2.08. The number of hydrogen-bond donors (Lipinski definition) is 1. The average molecular weight is 296 g/mol. The van der Waals surface area contributed by atoms with E-state index in [-0.39, 0.29) is 16.3 Å². The van der Waals surface area contributed by atoms with Gasteiger partial charge in [0.2, 0.25) is 0 Å². The third-order valence-electron chi connectivity index (χ3n) is 2.77. The summed E-state index contributed by atoms with van der Waals surface area (Å²) in [5.41, 5.74) is 7.69. The molecule has 0 amide bonds. The Balaban J connectivity index is 2.35. The number of aryl methyl sites for hydroxylation is 1. The summed E-state index contributed by atoms with van der Waals surface area (Å²) >= 11 is 5.77. The topological polar surface area (TPSA) is 60.2 Å². The quantitative estimate of drug-likeness (QED) is 0.885. The van der Waals surface area contributed by atoms with Gasteiger partial charge in [0, 0.05) is 5.02 Å². The van der Waals surface area contributed by atoms with Crippen molar-refractivity contribution in [2.45, 2.75) is 17.6 Å². The average Bonchev–Trinajstić information content (AvgIpc) is 2.31. The zero-order valence-electron chi connectivity index (χ0n) is 10.4. The minimum absolute atomic E-state index is 0.0859. The Kier molecular flexibility index (Phi) is 3.83. The van der Waals surface area contributed by atoms with Crippen molar-refractivity contribution in [1.29, 1.82) is 0 Å². The molecular weight excluding hydrogens is 282 g/mol. The zero-order chi connectivity index (χ0) is 14.0. The van der Waals surface area contributed by atoms with Gasteiger partial charge in [-0.05, 0) is 42.3 Å². The molecular formula is C14H14ClNO2S. The molecule has 5 heteroatoms. The van der Waals surface area contributed by atoms with Gasteiger partial charge in [-0.2, -0.15) is 0 Å². The van der Waals surface area contributed by atoms with Crippen LogP contribution in [-0.2, 0) is 15.6 Å². The second-order valence-corrected chi connectivity index (χ2v) is 6.82. The van der Waals surface area contributed by atoms with E-state index in [1.165, 1.54) is 0 Å². The van der Waals surface area contributed by atoms with Crippen LogP contribution in [0.4, 0.5) is 5.69 Å². The first kappa shape index (κ1) is 13.9. The molecule has 0 saturated heterocycles. The number of nitrogen functional groups attached to an aromatic ring is 1. The van der Waals surface area contributed by atoms with E-state index in [1.54, 1.807) is 42.5 Å². The fourth-order valence-corrected chi connectivity index (χ4v) is 3.44. The number of benzene rings is 2. The van der Waals surface area contributed by atoms with Crippen LogP contribution < -0.4 is 5.73 Å². The van der Waals surface area contributed by atoms with Crippen molar-refractivity contribution >= 4 is 27.1 Å². The third-order valence-corrected chi connectivity index (χ3v) is 4.78. The van der Waals surface area contributed by atoms with Gasteiger partial charge < -0.3 is 5.73 Å². The molecule has 0 radical (unpaired) electrons. The van der Waals surface area contributed by atoms with Crippen LogP contribution in [0.5, 0.6) is 0 Å². The summed E-state index contributed by atoms with van der Waals surface area (Å²) in [5.74, 6) is -0.0859. The van der Waals surface area contributed by atoms with Crippen LogP contribution >= 0.6 is 11.6 Å². The van der Waals surface area contributed by atoms with E-state index in [0.29, 0.717) is 10.6 Å². The lowest BCUT2D eigenvalue weighted by Crippen LogP contribution is -2.08. The van der Waals surface area contributed by atoms with Gasteiger partial charge in [-0.15, -0.1) is 0 Å². The van der Waals surface area contributed by atoms with Gasteiger partial charge in [-0.25, -0.2) is 8.42 Å². The highest BCUT2D eigenvalue weighted by Crippen LogP contribution is 2.24. The Morgan fingerprint density at radius 1 is 1.11 bits per heavy atom. The van der Waals surface area contributed by atoms with Gasteiger partial charge in [0.15, 0.2) is 9.84 Å². The molecule has 0 fully saturated rings. The van der Waals surface area contributed by atoms with Crippen LogP contribution in [0.3, 0.4) is 0 Å². The summed E-state index contributed by atoms with van der Waals surface area (Å²) in [7, 11) is -3.44. The number of halogens is 1. The number of hydrogen-bond acceptors (Lipinski definition) is 3. The maximum Gasteiger partial charge on any atom is 0.184 e. The van der Waals surface area contributed by atoms with Crippen LogP contribution in [0, 0.1) is 6.92 Å². The largest absolute Gasteiger partial charge is 0.398 e. The zero-order valence-corrected chi connectivity index (χ0v) is 12.0. The lowest BCUT2D eigenvalue weighted by molar-refractivity contribution is 0.595. The fraction of sp³-hybridized carbons (Fsp3) is 0.143. The van der Waals surface area contributed by atoms with Crippen molar-refractivity contribution in [3.05, 3.63) is 58.6 Å². The van der Waals surface area contributed by atoms with Crippen molar-refractivity contribution < 1.29 is 8.42 Å². The van der Waals surface area contributed by atoms with Gasteiger partial charge in [0.05, 0.1) is 16.3 Å². The summed E-state index contributed by atoms with van der Waals surface area (Å²) in [6.45, 7) is 1.87. The monoisotopic (exact) mass is 295 g/mol. The molecule has 0 atom stereocenters. The van der Waals surface area contributed by atoms with E-state index >= 15 is 0 Å². The molecule has 0 aliphatic heterocycles. The first-order valence-electron chi connectivity index (χ1n) is 5.72. The molecule has 0 aliphatic rings. The summed E-state index contributed by atoms with van der Waals surface area (Å²) in [5, 5.41) is 0.580. The summed E-state index contributed by atoms with van der Waals surface area (Å²) in [4.78, 5) is 0.174. The van der Waals surface area contributed by atoms with Crippen molar-refractivity contribution in [3.8, 4) is 0 Å². The predicted octanol–water partition coefficient (Wildman–Crippen LogP) is 3.20. The van der Waals surface area contributed by atoms with Crippen LogP contribution in [0.1, 0.15) is 11.1 Å². The molecule has 2 N–H and O–H groups in total. The second kappa shape index (κ2) is 5.23. The smallest absolute Gasteiger partial charge is 0.184 e. The van der Waals surface area contributed by atoms with E-state index in [1.807, 2.05) is 6.92 Å². The van der Waals surface area contributed by atoms with Gasteiger partial charge in [-0.3, -0.25) is 0 Å². The second-order valence-electron chi connectivity index (χ2n) is 4.43. The molecule has 3 nitrogen and oxygen atoms in total. The summed E-state index contributed by atoms with van der Waals surface area (Å²) in [6, 6.07) is 11.7. The molecule has 100 valence electrons. The number of rotatable bonds is 3. The molecule has 0 heterocycles. The van der Waals surface area contributed by atoms with Crippen molar-refractivity contribution in [2.24, 2.45) is 0 Å². The van der Waals surface area contributed by atoms with Crippen LogP contribution in [0.2, 0.25) is 5.02 Å². The summed E-state index contributed by atoms with van der Waals surface area (Å²) in [6.07, 6.45) is 0. The molecule has 0 aromatic heterocycles. The van der Waals surface area contributed by atoms with E-state index < -0.39 is 9.84 Å². The Morgan fingerprint density at radius 3 is 2.32 bits per heavy atom. The normalized spacial score (nSPS) is 11.5. The Hall–Kier alpha value is -1.52. The van der Waals surface area contributed by atoms with E-state index in [0.717, 1.165) is 5.56 Å². The number of anilines is 1. The van der Waals surface area contributed by atoms with Gasteiger partial charge in [-0.1, -0.05) is 29.8 Å². The molecule has 2 aromatic carbocycles. The van der Waals surface area contributed by atoms with Crippen molar-refractivity contribution in [2.75, 3.05) is 5.73 Å². The fourth-order valence-electron chi connectivity index (χ4n) is 1.83. The maximum absolute atomic E-state index is 12.3. The molecule has 0 spiro atoms. The molecule has 0 unspecified atom stereocenters. The van der Waals surface area contributed by atoms with Crippen LogP contribution in [0.25, 0.3) is 0 Å². The van der Waals surface area contributed by atoms with Gasteiger partial charge in [0.25, 0.3) is 0 Å². The molecule has 2 rings (SSSR count). The summed E-state index contributed by atoms with van der Waals surface area (Å²) < 4.78 is 24.6. The first-order chi connectivity index (χ1) is 8.88. The molecule has 19 heavy (non-hydrogen) atoms. The lowest BCUT2D eigenvalue weighted by atomic mass is 10.2. The number of sulfone groups is 1. The first-order valence-corrected chi connectivity index (χ1v) is 7.75. The highest BCUT2D eigenvalue weighted by atomic mass is 35.5. The van der Waals surface area contributed by atoms with Gasteiger partial charge in [0.1, 0.15) is 0 Å². The van der Waals surface area contributed by atoms with E-state index in [9.17, 15) is 8.42 Å². The van der Waals surface area contributed by atoms with Crippen molar-refractivity contribution in [3.63, 3.8) is 0 Å². The van der Waals surface area contributed by atoms with Crippen LogP contribution in [0.15, 0.2) is 47.4 Å². The van der Waals surface area contributed by atoms with Gasteiger partial charge >= 0.3 is 0 Å². The maximum atomic E-state index is 12.3. The standard InChI is InChI=1S/C14H14ClNO2S/c1-10-2-7-14(13(16)8-10)19(17,18)9-11-3-5-12(15)6-4-11/h2-8H,9,16H2,1H3. The SMILES string of the molecule is Cc1ccc(S(=O)(=O)Cc2ccc(Cl)cc2)c(N)c1. The minimum atomic E-state index is -3.44. The number of nitrogens with two attached hydrogens (primary N) is 1. The molecule has 2 aromatic rings. The Bertz CT molecular complexity index is 694. The van der Waals surface area contributed by atoms with E-state index in [4.69, 9.17) is 17.3 Å². The highest BCUT2D eigenvalue weighted by Gasteiger charge is 2.18.